The summed E-state index contributed by atoms with van der Waals surface area (Å²) in [5.74, 6) is 0.0881. The summed E-state index contributed by atoms with van der Waals surface area (Å²) < 4.78 is 9.58. The number of nitrogens with zero attached hydrogens (tertiary/aromatic N) is 3. The Morgan fingerprint density at radius 2 is 2.11 bits per heavy atom. The Balaban J connectivity index is 2.16. The van der Waals surface area contributed by atoms with E-state index in [9.17, 15) is 4.79 Å². The maximum absolute atomic E-state index is 10.8. The van der Waals surface area contributed by atoms with Gasteiger partial charge in [-0.05, 0) is 24.3 Å². The van der Waals surface area contributed by atoms with E-state index in [-0.39, 0.29) is 11.9 Å². The minimum absolute atomic E-state index is 0.0293. The van der Waals surface area contributed by atoms with Crippen LogP contribution in [0.5, 0.6) is 5.75 Å². The molecule has 0 spiro atoms. The van der Waals surface area contributed by atoms with Crippen LogP contribution in [-0.4, -0.2) is 18.3 Å². The highest BCUT2D eigenvalue weighted by molar-refractivity contribution is 5.69. The number of carbonyl (C=O) groups is 1. The van der Waals surface area contributed by atoms with Gasteiger partial charge in [0.15, 0.2) is 0 Å². The summed E-state index contributed by atoms with van der Waals surface area (Å²) >= 11 is 0. The molecule has 0 atom stereocenters. The molecule has 0 bridgehead atoms. The second-order valence-electron chi connectivity index (χ2n) is 3.60. The number of carbonyl (C=O) groups excluding carboxylic acids is 1. The highest BCUT2D eigenvalue weighted by Crippen LogP contribution is 2.17. The second-order valence-corrected chi connectivity index (χ2v) is 3.60. The first kappa shape index (κ1) is 11.9. The minimum Gasteiger partial charge on any atom is -0.660 e. The number of anilines is 1. The summed E-state index contributed by atoms with van der Waals surface area (Å²) in [6.45, 7) is 1.35. The molecule has 0 unspecified atom stereocenters. The average molecular weight is 248 g/mol. The zero-order valence-corrected chi connectivity index (χ0v) is 9.95. The van der Waals surface area contributed by atoms with Gasteiger partial charge in [0.1, 0.15) is 17.3 Å². The molecule has 7 nitrogen and oxygen atoms in total. The van der Waals surface area contributed by atoms with Crippen LogP contribution in [0.1, 0.15) is 6.92 Å². The molecule has 94 valence electrons. The summed E-state index contributed by atoms with van der Waals surface area (Å²) in [7, 11) is 1.77. The lowest BCUT2D eigenvalue weighted by atomic mass is 10.3. The molecule has 0 saturated heterocycles. The number of hydrogen-bond donors (Lipinski definition) is 0. The van der Waals surface area contributed by atoms with E-state index in [1.54, 1.807) is 36.3 Å². The molecule has 2 aromatic rings. The lowest BCUT2D eigenvalue weighted by molar-refractivity contribution is -0.747. The first-order valence-electron chi connectivity index (χ1n) is 5.19. The third-order valence-electron chi connectivity index (χ3n) is 2.23. The summed E-state index contributed by atoms with van der Waals surface area (Å²) in [6, 6.07) is 6.89. The second kappa shape index (κ2) is 4.74. The van der Waals surface area contributed by atoms with Crippen molar-refractivity contribution in [2.24, 2.45) is 0 Å². The number of rotatable bonds is 3. The number of nitrogens with one attached hydrogen (secondary N) is 1. The standard InChI is InChI=1S/C11H12N4O3/c1-8(16)17-10-5-3-9(4-6-10)14(2)15-7-11(12)18-13-15/h3-7H,1-2H3,(H-,12,13). The normalized spacial score (nSPS) is 10.1. The number of benzene rings is 1. The molecule has 1 heterocycles. The molecule has 0 aliphatic heterocycles. The van der Waals surface area contributed by atoms with Gasteiger partial charge in [0.25, 0.3) is 6.20 Å². The summed E-state index contributed by atoms with van der Waals surface area (Å²) in [6.07, 6.45) is 1.43. The number of hydrogen-bond acceptors (Lipinski definition) is 5. The van der Waals surface area contributed by atoms with Crippen molar-refractivity contribution in [3.05, 3.63) is 36.2 Å². The van der Waals surface area contributed by atoms with Gasteiger partial charge in [-0.15, -0.1) is 5.01 Å². The van der Waals surface area contributed by atoms with E-state index < -0.39 is 0 Å². The predicted octanol–water partition coefficient (Wildman–Crippen LogP) is 1.47. The monoisotopic (exact) mass is 248 g/mol. The van der Waals surface area contributed by atoms with E-state index in [0.29, 0.717) is 5.75 Å². The number of esters is 1. The number of aromatic nitrogens is 2. The molecule has 0 aliphatic rings. The quantitative estimate of drug-likeness (QED) is 0.466. The maximum Gasteiger partial charge on any atom is 0.308 e. The Hall–Kier alpha value is -2.57. The van der Waals surface area contributed by atoms with E-state index in [2.05, 4.69) is 9.79 Å². The molecule has 1 aromatic carbocycles. The van der Waals surface area contributed by atoms with Crippen molar-refractivity contribution >= 4 is 17.5 Å². The molecule has 0 radical (unpaired) electrons. The van der Waals surface area contributed by atoms with Gasteiger partial charge in [-0.2, -0.15) is 0 Å². The fourth-order valence-corrected chi connectivity index (χ4v) is 1.39. The fraction of sp³-hybridized carbons (Fsp3) is 0.182. The third-order valence-corrected chi connectivity index (χ3v) is 2.23. The smallest absolute Gasteiger partial charge is 0.308 e. The van der Waals surface area contributed by atoms with Gasteiger partial charge in [0, 0.05) is 6.92 Å². The van der Waals surface area contributed by atoms with Crippen molar-refractivity contribution in [1.82, 2.24) is 5.27 Å². The van der Waals surface area contributed by atoms with Gasteiger partial charge in [-0.1, -0.05) is 0 Å². The van der Waals surface area contributed by atoms with Gasteiger partial charge < -0.3 is 15.0 Å². The predicted molar refractivity (Wildman–Crippen MR) is 62.2 cm³/mol. The van der Waals surface area contributed by atoms with Crippen LogP contribution in [0.4, 0.5) is 11.6 Å². The van der Waals surface area contributed by atoms with Crippen LogP contribution in [0.15, 0.2) is 35.0 Å². The molecule has 0 amide bonds. The zero-order chi connectivity index (χ0) is 13.1. The molecule has 1 aromatic heterocycles. The van der Waals surface area contributed by atoms with E-state index in [0.717, 1.165) is 5.69 Å². The molecular weight excluding hydrogens is 236 g/mol. The molecule has 0 saturated carbocycles. The Labute approximate surface area is 103 Å². The Morgan fingerprint density at radius 1 is 1.44 bits per heavy atom. The average Bonchev–Trinajstić information content (AvgIpc) is 2.75. The van der Waals surface area contributed by atoms with Crippen LogP contribution >= 0.6 is 0 Å². The number of ether oxygens (including phenoxy) is 1. The van der Waals surface area contributed by atoms with Crippen molar-refractivity contribution in [1.29, 1.82) is 0 Å². The van der Waals surface area contributed by atoms with Crippen molar-refractivity contribution < 1.29 is 18.8 Å². The SMILES string of the molecule is CC(=O)Oc1ccc(N(C)[n+]2cc([NH-])on2)cc1. The topological polar surface area (TPSA) is 83.2 Å². The lowest BCUT2D eigenvalue weighted by Crippen LogP contribution is -2.53. The van der Waals surface area contributed by atoms with Crippen LogP contribution in [0, 0.1) is 0 Å². The van der Waals surface area contributed by atoms with E-state index >= 15 is 0 Å². The van der Waals surface area contributed by atoms with Crippen LogP contribution in [0.25, 0.3) is 5.73 Å². The summed E-state index contributed by atoms with van der Waals surface area (Å²) in [5, 5.41) is 5.34. The largest absolute Gasteiger partial charge is 0.660 e. The van der Waals surface area contributed by atoms with Gasteiger partial charge in [0.2, 0.25) is 5.27 Å². The van der Waals surface area contributed by atoms with E-state index in [1.807, 2.05) is 0 Å². The molecule has 2 rings (SSSR count). The van der Waals surface area contributed by atoms with Crippen molar-refractivity contribution in [3.63, 3.8) is 0 Å². The molecular formula is C11H12N4O3. The van der Waals surface area contributed by atoms with Gasteiger partial charge in [0.05, 0.1) is 11.8 Å². The maximum atomic E-state index is 10.8. The summed E-state index contributed by atoms with van der Waals surface area (Å²) in [5.41, 5.74) is 8.06. The first-order valence-corrected chi connectivity index (χ1v) is 5.19. The highest BCUT2D eigenvalue weighted by atomic mass is 16.5. The van der Waals surface area contributed by atoms with Gasteiger partial charge >= 0.3 is 5.97 Å². The summed E-state index contributed by atoms with van der Waals surface area (Å²) in [4.78, 5) is 12.2. The van der Waals surface area contributed by atoms with Crippen LogP contribution in [0.3, 0.4) is 0 Å². The van der Waals surface area contributed by atoms with Crippen LogP contribution in [0.2, 0.25) is 0 Å². The van der Waals surface area contributed by atoms with Gasteiger partial charge in [-0.25, -0.2) is 0 Å². The molecule has 18 heavy (non-hydrogen) atoms. The first-order chi connectivity index (χ1) is 8.56. The van der Waals surface area contributed by atoms with E-state index in [4.69, 9.17) is 10.5 Å². The lowest BCUT2D eigenvalue weighted by Gasteiger charge is -2.08. The van der Waals surface area contributed by atoms with Crippen LogP contribution < -0.4 is 14.5 Å². The molecule has 0 aliphatic carbocycles. The Bertz CT molecular complexity index is 550. The van der Waals surface area contributed by atoms with Gasteiger partial charge in [-0.3, -0.25) is 4.79 Å². The van der Waals surface area contributed by atoms with E-state index in [1.165, 1.54) is 17.9 Å². The van der Waals surface area contributed by atoms with Crippen molar-refractivity contribution in [2.45, 2.75) is 6.92 Å². The molecule has 0 fully saturated rings. The van der Waals surface area contributed by atoms with Crippen LogP contribution in [-0.2, 0) is 4.79 Å². The Morgan fingerprint density at radius 3 is 2.61 bits per heavy atom. The molecule has 1 N–H and O–H groups in total. The van der Waals surface area contributed by atoms with Crippen molar-refractivity contribution in [2.75, 3.05) is 12.1 Å². The zero-order valence-electron chi connectivity index (χ0n) is 9.95. The molecule has 7 heteroatoms. The minimum atomic E-state index is -0.360. The third kappa shape index (κ3) is 2.57. The highest BCUT2D eigenvalue weighted by Gasteiger charge is 2.14. The fourth-order valence-electron chi connectivity index (χ4n) is 1.39. The van der Waals surface area contributed by atoms with Crippen molar-refractivity contribution in [3.8, 4) is 5.75 Å². The Kier molecular flexibility index (Phi) is 3.13.